The third kappa shape index (κ3) is 4.70. The summed E-state index contributed by atoms with van der Waals surface area (Å²) < 4.78 is 1.86. The van der Waals surface area contributed by atoms with Gasteiger partial charge in [0, 0.05) is 12.0 Å². The molecule has 1 saturated heterocycles. The number of piperidine rings is 1. The van der Waals surface area contributed by atoms with E-state index >= 15 is 0 Å². The molecule has 1 aliphatic carbocycles. The van der Waals surface area contributed by atoms with E-state index in [9.17, 15) is 4.79 Å². The Labute approximate surface area is 185 Å². The van der Waals surface area contributed by atoms with Gasteiger partial charge in [-0.2, -0.15) is 0 Å². The Balaban J connectivity index is 0.00000256. The van der Waals surface area contributed by atoms with Crippen molar-refractivity contribution in [2.45, 2.75) is 69.7 Å². The molecule has 0 bridgehead atoms. The average Bonchev–Trinajstić information content (AvgIpc) is 3.18. The predicted molar refractivity (Wildman–Crippen MR) is 121 cm³/mol. The van der Waals surface area contributed by atoms with Crippen molar-refractivity contribution < 1.29 is 4.79 Å². The molecule has 2 heterocycles. The van der Waals surface area contributed by atoms with E-state index in [1.807, 2.05) is 4.68 Å². The van der Waals surface area contributed by atoms with Crippen molar-refractivity contribution in [3.05, 3.63) is 47.3 Å². The quantitative estimate of drug-likeness (QED) is 0.755. The molecule has 2 fully saturated rings. The van der Waals surface area contributed by atoms with E-state index in [0.29, 0.717) is 18.3 Å². The highest BCUT2D eigenvalue weighted by atomic mass is 35.5. The van der Waals surface area contributed by atoms with Crippen LogP contribution in [0.25, 0.3) is 0 Å². The first-order chi connectivity index (χ1) is 13.9. The first kappa shape index (κ1) is 22.8. The lowest BCUT2D eigenvalue weighted by Gasteiger charge is -2.42. The lowest BCUT2D eigenvalue weighted by Crippen LogP contribution is -2.45. The number of nitrogens with one attached hydrogen (secondary N) is 2. The fourth-order valence-corrected chi connectivity index (χ4v) is 4.47. The molecule has 0 unspecified atom stereocenters. The topological polar surface area (TPSA) is 71.8 Å². The van der Waals surface area contributed by atoms with Gasteiger partial charge >= 0.3 is 0 Å². The normalized spacial score (nSPS) is 18.9. The molecular formula is C23H34ClN5O. The van der Waals surface area contributed by atoms with Gasteiger partial charge in [-0.1, -0.05) is 56.7 Å². The molecule has 1 aliphatic heterocycles. The number of hydrogen-bond donors (Lipinski definition) is 2. The maximum Gasteiger partial charge on any atom is 0.273 e. The minimum Gasteiger partial charge on any atom is -0.350 e. The van der Waals surface area contributed by atoms with Crippen molar-refractivity contribution in [2.75, 3.05) is 19.6 Å². The van der Waals surface area contributed by atoms with E-state index in [1.165, 1.54) is 17.5 Å². The zero-order valence-corrected chi connectivity index (χ0v) is 19.1. The van der Waals surface area contributed by atoms with Crippen LogP contribution < -0.4 is 10.6 Å². The number of halogens is 1. The second-order valence-corrected chi connectivity index (χ2v) is 9.71. The van der Waals surface area contributed by atoms with Gasteiger partial charge in [0.2, 0.25) is 0 Å². The second kappa shape index (κ2) is 9.06. The van der Waals surface area contributed by atoms with Crippen LogP contribution in [0.2, 0.25) is 0 Å². The van der Waals surface area contributed by atoms with Gasteiger partial charge in [0.05, 0.1) is 12.2 Å². The Kier molecular flexibility index (Phi) is 6.88. The highest BCUT2D eigenvalue weighted by Crippen LogP contribution is 2.43. The Bertz CT molecular complexity index is 845. The van der Waals surface area contributed by atoms with Crippen LogP contribution in [-0.4, -0.2) is 40.5 Å². The molecule has 1 aromatic carbocycles. The van der Waals surface area contributed by atoms with Crippen molar-refractivity contribution in [3.63, 3.8) is 0 Å². The highest BCUT2D eigenvalue weighted by Gasteiger charge is 2.39. The van der Waals surface area contributed by atoms with Crippen molar-refractivity contribution in [3.8, 4) is 0 Å². The van der Waals surface area contributed by atoms with Crippen LogP contribution in [0, 0.1) is 0 Å². The van der Waals surface area contributed by atoms with Crippen LogP contribution in [0.4, 0.5) is 0 Å². The first-order valence-electron chi connectivity index (χ1n) is 10.9. The van der Waals surface area contributed by atoms with Crippen LogP contribution >= 0.6 is 12.4 Å². The molecule has 2 N–H and O–H groups in total. The molecule has 0 radical (unpaired) electrons. The van der Waals surface area contributed by atoms with Gasteiger partial charge in [-0.15, -0.1) is 17.5 Å². The fourth-order valence-electron chi connectivity index (χ4n) is 4.47. The van der Waals surface area contributed by atoms with Crippen molar-refractivity contribution in [1.82, 2.24) is 25.6 Å². The van der Waals surface area contributed by atoms with Gasteiger partial charge in [0.25, 0.3) is 5.91 Å². The van der Waals surface area contributed by atoms with Gasteiger partial charge in [0.15, 0.2) is 5.69 Å². The van der Waals surface area contributed by atoms with E-state index in [1.54, 1.807) is 6.20 Å². The van der Waals surface area contributed by atoms with Crippen LogP contribution in [0.15, 0.2) is 30.5 Å². The highest BCUT2D eigenvalue weighted by molar-refractivity contribution is 5.91. The zero-order valence-electron chi connectivity index (χ0n) is 18.3. The van der Waals surface area contributed by atoms with Gasteiger partial charge in [-0.3, -0.25) is 4.79 Å². The van der Waals surface area contributed by atoms with Crippen LogP contribution in [0.1, 0.15) is 80.5 Å². The largest absolute Gasteiger partial charge is 0.350 e. The van der Waals surface area contributed by atoms with E-state index in [-0.39, 0.29) is 29.1 Å². The van der Waals surface area contributed by atoms with Crippen LogP contribution in [-0.2, 0) is 10.8 Å². The third-order valence-electron chi connectivity index (χ3n) is 6.69. The summed E-state index contributed by atoms with van der Waals surface area (Å²) in [6.07, 6.45) is 7.30. The Morgan fingerprint density at radius 2 is 1.87 bits per heavy atom. The Morgan fingerprint density at radius 1 is 1.20 bits per heavy atom. The minimum absolute atomic E-state index is 0. The number of hydrogen-bond acceptors (Lipinski definition) is 4. The summed E-state index contributed by atoms with van der Waals surface area (Å²) in [6, 6.07) is 9.31. The summed E-state index contributed by atoms with van der Waals surface area (Å²) in [7, 11) is 0. The van der Waals surface area contributed by atoms with E-state index in [0.717, 1.165) is 38.8 Å². The number of carbonyl (C=O) groups is 1. The standard InChI is InChI=1S/C23H33N5O.ClH/c1-22(2,3)17-5-7-18(8-6-17)23(11-4-12-23)16-25-21(29)20-15-28(27-26-20)19-9-13-24-14-10-19;/h5-8,15,19,24H,4,9-14,16H2,1-3H3,(H,25,29);1H. The molecule has 164 valence electrons. The van der Waals surface area contributed by atoms with E-state index in [2.05, 4.69) is 66.0 Å². The number of rotatable bonds is 5. The summed E-state index contributed by atoms with van der Waals surface area (Å²) in [5, 5.41) is 14.8. The molecule has 6 nitrogen and oxygen atoms in total. The first-order valence-corrected chi connectivity index (χ1v) is 10.9. The lowest BCUT2D eigenvalue weighted by molar-refractivity contribution is 0.0922. The van der Waals surface area contributed by atoms with E-state index < -0.39 is 0 Å². The number of carbonyl (C=O) groups excluding carboxylic acids is 1. The maximum atomic E-state index is 12.7. The van der Waals surface area contributed by atoms with Crippen LogP contribution in [0.3, 0.4) is 0 Å². The zero-order chi connectivity index (χ0) is 20.5. The monoisotopic (exact) mass is 431 g/mol. The molecule has 0 atom stereocenters. The molecule has 30 heavy (non-hydrogen) atoms. The second-order valence-electron chi connectivity index (χ2n) is 9.71. The molecule has 2 aliphatic rings. The maximum absolute atomic E-state index is 12.7. The van der Waals surface area contributed by atoms with Gasteiger partial charge < -0.3 is 10.6 Å². The molecule has 0 spiro atoms. The van der Waals surface area contributed by atoms with Gasteiger partial charge in [-0.05, 0) is 55.3 Å². The number of benzene rings is 1. The fraction of sp³-hybridized carbons (Fsp3) is 0.609. The van der Waals surface area contributed by atoms with Crippen molar-refractivity contribution in [1.29, 1.82) is 0 Å². The lowest BCUT2D eigenvalue weighted by atomic mass is 9.64. The molecule has 1 saturated carbocycles. The molecule has 4 rings (SSSR count). The summed E-state index contributed by atoms with van der Waals surface area (Å²) >= 11 is 0. The average molecular weight is 432 g/mol. The minimum atomic E-state index is -0.122. The van der Waals surface area contributed by atoms with Crippen LogP contribution in [0.5, 0.6) is 0 Å². The molecule has 1 aromatic heterocycles. The Hall–Kier alpha value is -1.92. The third-order valence-corrected chi connectivity index (χ3v) is 6.69. The predicted octanol–water partition coefficient (Wildman–Crippen LogP) is 3.77. The molecule has 1 amide bonds. The SMILES string of the molecule is CC(C)(C)c1ccc(C2(CNC(=O)c3cn(C4CCNCC4)nn3)CCC2)cc1.Cl. The molecule has 2 aromatic rings. The summed E-state index contributed by atoms with van der Waals surface area (Å²) in [5.74, 6) is -0.122. The summed E-state index contributed by atoms with van der Waals surface area (Å²) in [5.41, 5.74) is 3.29. The summed E-state index contributed by atoms with van der Waals surface area (Å²) in [6.45, 7) is 9.33. The van der Waals surface area contributed by atoms with Crippen molar-refractivity contribution >= 4 is 18.3 Å². The van der Waals surface area contributed by atoms with Gasteiger partial charge in [-0.25, -0.2) is 4.68 Å². The Morgan fingerprint density at radius 3 is 2.43 bits per heavy atom. The number of nitrogens with zero attached hydrogens (tertiary/aromatic N) is 3. The molecule has 7 heteroatoms. The van der Waals surface area contributed by atoms with E-state index in [4.69, 9.17) is 0 Å². The van der Waals surface area contributed by atoms with Crippen molar-refractivity contribution in [2.24, 2.45) is 0 Å². The van der Waals surface area contributed by atoms with Gasteiger partial charge in [0.1, 0.15) is 0 Å². The smallest absolute Gasteiger partial charge is 0.273 e. The molecular weight excluding hydrogens is 398 g/mol. The number of aromatic nitrogens is 3. The number of amides is 1. The summed E-state index contributed by atoms with van der Waals surface area (Å²) in [4.78, 5) is 12.7.